The molecule has 5 nitrogen and oxygen atoms in total. The summed E-state index contributed by atoms with van der Waals surface area (Å²) in [7, 11) is 0. The van der Waals surface area contributed by atoms with Crippen LogP contribution in [0.2, 0.25) is 0 Å². The first-order valence-electron chi connectivity index (χ1n) is 7.02. The van der Waals surface area contributed by atoms with Gasteiger partial charge in [-0.3, -0.25) is 4.79 Å². The number of hydrogen-bond donors (Lipinski definition) is 2. The van der Waals surface area contributed by atoms with Gasteiger partial charge in [0, 0.05) is 17.8 Å². The highest BCUT2D eigenvalue weighted by molar-refractivity contribution is 5.95. The largest absolute Gasteiger partial charge is 0.449 e. The van der Waals surface area contributed by atoms with Crippen molar-refractivity contribution in [2.24, 2.45) is 5.92 Å². The van der Waals surface area contributed by atoms with Crippen LogP contribution in [-0.4, -0.2) is 30.0 Å². The van der Waals surface area contributed by atoms with E-state index in [4.69, 9.17) is 4.42 Å². The van der Waals surface area contributed by atoms with Crippen LogP contribution in [0.15, 0.2) is 22.6 Å². The molecule has 0 saturated carbocycles. The van der Waals surface area contributed by atoms with Gasteiger partial charge in [-0.05, 0) is 44.5 Å². The minimum atomic E-state index is -0.153. The summed E-state index contributed by atoms with van der Waals surface area (Å²) in [5.41, 5.74) is 2.30. The van der Waals surface area contributed by atoms with E-state index in [-0.39, 0.29) is 11.9 Å². The van der Waals surface area contributed by atoms with E-state index in [0.717, 1.165) is 30.7 Å². The number of aryl methyl sites for hydroxylation is 1. The van der Waals surface area contributed by atoms with Crippen molar-refractivity contribution in [3.8, 4) is 0 Å². The average Bonchev–Trinajstić information content (AvgIpc) is 2.84. The van der Waals surface area contributed by atoms with E-state index in [0.29, 0.717) is 17.3 Å². The Morgan fingerprint density at radius 3 is 3.15 bits per heavy atom. The molecule has 106 valence electrons. The third-order valence-corrected chi connectivity index (χ3v) is 3.84. The van der Waals surface area contributed by atoms with Crippen LogP contribution in [0.1, 0.15) is 29.6 Å². The molecule has 2 N–H and O–H groups in total. The van der Waals surface area contributed by atoms with Crippen LogP contribution in [0.4, 0.5) is 0 Å². The van der Waals surface area contributed by atoms with E-state index in [2.05, 4.69) is 22.5 Å². The third-order valence-electron chi connectivity index (χ3n) is 3.84. The first-order chi connectivity index (χ1) is 9.63. The van der Waals surface area contributed by atoms with Gasteiger partial charge >= 0.3 is 0 Å². The summed E-state index contributed by atoms with van der Waals surface area (Å²) in [6, 6.07) is 5.64. The van der Waals surface area contributed by atoms with Gasteiger partial charge in [-0.25, -0.2) is 4.98 Å². The van der Waals surface area contributed by atoms with Crippen molar-refractivity contribution in [1.82, 2.24) is 15.6 Å². The van der Waals surface area contributed by atoms with Gasteiger partial charge in [-0.15, -0.1) is 0 Å². The fraction of sp³-hybridized carbons (Fsp3) is 0.467. The molecule has 2 aromatic heterocycles. The number of rotatable bonds is 2. The lowest BCUT2D eigenvalue weighted by Crippen LogP contribution is -2.48. The number of furan rings is 1. The van der Waals surface area contributed by atoms with Gasteiger partial charge in [0.25, 0.3) is 5.91 Å². The highest BCUT2D eigenvalue weighted by atomic mass is 16.3. The lowest BCUT2D eigenvalue weighted by molar-refractivity contribution is 0.0888. The molecule has 2 atom stereocenters. The quantitative estimate of drug-likeness (QED) is 0.876. The van der Waals surface area contributed by atoms with Crippen LogP contribution in [0.5, 0.6) is 0 Å². The van der Waals surface area contributed by atoms with Gasteiger partial charge in [0.15, 0.2) is 11.3 Å². The van der Waals surface area contributed by atoms with E-state index >= 15 is 0 Å². The lowest BCUT2D eigenvalue weighted by atomic mass is 9.95. The molecule has 0 radical (unpaired) electrons. The Balaban J connectivity index is 1.78. The number of nitrogens with one attached hydrogen (secondary N) is 2. The number of amides is 1. The Labute approximate surface area is 117 Å². The predicted molar refractivity (Wildman–Crippen MR) is 76.7 cm³/mol. The Bertz CT molecular complexity index is 635. The van der Waals surface area contributed by atoms with E-state index < -0.39 is 0 Å². The number of nitrogens with zero attached hydrogens (tertiary/aromatic N) is 1. The Morgan fingerprint density at radius 2 is 2.35 bits per heavy atom. The molecule has 1 aliphatic rings. The van der Waals surface area contributed by atoms with Crippen molar-refractivity contribution < 1.29 is 9.21 Å². The highest BCUT2D eigenvalue weighted by Crippen LogP contribution is 2.19. The SMILES string of the molecule is Cc1ccc2oc(C(=O)NC3CCNCC3C)cc2n1. The number of pyridine rings is 1. The molecule has 0 aliphatic carbocycles. The molecule has 1 amide bonds. The molecule has 0 spiro atoms. The van der Waals surface area contributed by atoms with Gasteiger partial charge < -0.3 is 15.1 Å². The van der Waals surface area contributed by atoms with Crippen LogP contribution in [0.3, 0.4) is 0 Å². The minimum Gasteiger partial charge on any atom is -0.449 e. The van der Waals surface area contributed by atoms with Crippen molar-refractivity contribution in [1.29, 1.82) is 0 Å². The summed E-state index contributed by atoms with van der Waals surface area (Å²) in [6.07, 6.45) is 0.949. The summed E-state index contributed by atoms with van der Waals surface area (Å²) in [4.78, 5) is 16.6. The fourth-order valence-electron chi connectivity index (χ4n) is 2.61. The second-order valence-electron chi connectivity index (χ2n) is 5.50. The second-order valence-corrected chi connectivity index (χ2v) is 5.50. The molecule has 2 unspecified atom stereocenters. The summed E-state index contributed by atoms with van der Waals surface area (Å²) in [5.74, 6) is 0.612. The van der Waals surface area contributed by atoms with Crippen molar-refractivity contribution in [2.75, 3.05) is 13.1 Å². The molecule has 20 heavy (non-hydrogen) atoms. The molecule has 3 rings (SSSR count). The topological polar surface area (TPSA) is 67.2 Å². The maximum atomic E-state index is 12.3. The van der Waals surface area contributed by atoms with Gasteiger partial charge in [0.05, 0.1) is 0 Å². The average molecular weight is 273 g/mol. The maximum absolute atomic E-state index is 12.3. The monoisotopic (exact) mass is 273 g/mol. The fourth-order valence-corrected chi connectivity index (χ4v) is 2.61. The summed E-state index contributed by atoms with van der Waals surface area (Å²) < 4.78 is 5.57. The van der Waals surface area contributed by atoms with Crippen molar-refractivity contribution >= 4 is 17.0 Å². The van der Waals surface area contributed by atoms with Gasteiger partial charge in [-0.2, -0.15) is 0 Å². The number of fused-ring (bicyclic) bond motifs is 1. The predicted octanol–water partition coefficient (Wildman–Crippen LogP) is 1.86. The Hall–Kier alpha value is -1.88. The molecule has 0 bridgehead atoms. The molecule has 1 fully saturated rings. The van der Waals surface area contributed by atoms with Crippen LogP contribution in [0, 0.1) is 12.8 Å². The van der Waals surface area contributed by atoms with E-state index in [1.165, 1.54) is 0 Å². The van der Waals surface area contributed by atoms with Crippen LogP contribution in [0.25, 0.3) is 11.1 Å². The highest BCUT2D eigenvalue weighted by Gasteiger charge is 2.24. The number of aromatic nitrogens is 1. The zero-order valence-corrected chi connectivity index (χ0v) is 11.8. The second kappa shape index (κ2) is 5.25. The number of carbonyl (C=O) groups is 1. The summed E-state index contributed by atoms with van der Waals surface area (Å²) in [6.45, 7) is 5.94. The normalized spacial score (nSPS) is 22.9. The van der Waals surface area contributed by atoms with Crippen molar-refractivity contribution in [2.45, 2.75) is 26.3 Å². The maximum Gasteiger partial charge on any atom is 0.287 e. The first-order valence-corrected chi connectivity index (χ1v) is 7.02. The first kappa shape index (κ1) is 13.1. The van der Waals surface area contributed by atoms with Gasteiger partial charge in [0.2, 0.25) is 0 Å². The molecule has 5 heteroatoms. The van der Waals surface area contributed by atoms with Crippen molar-refractivity contribution in [3.63, 3.8) is 0 Å². The van der Waals surface area contributed by atoms with Crippen molar-refractivity contribution in [3.05, 3.63) is 29.7 Å². The zero-order chi connectivity index (χ0) is 14.1. The minimum absolute atomic E-state index is 0.153. The van der Waals surface area contributed by atoms with E-state index in [1.807, 2.05) is 19.1 Å². The lowest BCUT2D eigenvalue weighted by Gasteiger charge is -2.29. The molecule has 0 aromatic carbocycles. The van der Waals surface area contributed by atoms with Gasteiger partial charge in [0.1, 0.15) is 5.52 Å². The van der Waals surface area contributed by atoms with Crippen LogP contribution in [-0.2, 0) is 0 Å². The zero-order valence-electron chi connectivity index (χ0n) is 11.8. The van der Waals surface area contributed by atoms with Gasteiger partial charge in [-0.1, -0.05) is 6.92 Å². The molecular weight excluding hydrogens is 254 g/mol. The van der Waals surface area contributed by atoms with E-state index in [1.54, 1.807) is 6.07 Å². The molecule has 2 aromatic rings. The molecule has 1 aliphatic heterocycles. The van der Waals surface area contributed by atoms with E-state index in [9.17, 15) is 4.79 Å². The Morgan fingerprint density at radius 1 is 1.50 bits per heavy atom. The smallest absolute Gasteiger partial charge is 0.287 e. The summed E-state index contributed by atoms with van der Waals surface area (Å²) >= 11 is 0. The number of carbonyl (C=O) groups excluding carboxylic acids is 1. The number of hydrogen-bond acceptors (Lipinski definition) is 4. The number of piperidine rings is 1. The molecular formula is C15H19N3O2. The summed E-state index contributed by atoms with van der Waals surface area (Å²) in [5, 5.41) is 6.38. The van der Waals surface area contributed by atoms with Crippen LogP contribution < -0.4 is 10.6 Å². The van der Waals surface area contributed by atoms with Crippen LogP contribution >= 0.6 is 0 Å². The third kappa shape index (κ3) is 2.54. The Kier molecular flexibility index (Phi) is 3.44. The standard InChI is InChI=1S/C15H19N3O2/c1-9-8-16-6-5-11(9)18-15(19)14-7-12-13(20-14)4-3-10(2)17-12/h3-4,7,9,11,16H,5-6,8H2,1-2H3,(H,18,19). The molecule has 1 saturated heterocycles. The molecule has 3 heterocycles.